The molecule has 0 aliphatic carbocycles. The number of aromatic amines is 1. The zero-order chi connectivity index (χ0) is 18.1. The molecule has 2 rings (SSSR count). The van der Waals surface area contributed by atoms with Crippen LogP contribution in [0.3, 0.4) is 0 Å². The lowest BCUT2D eigenvalue weighted by atomic mass is 10.1. The summed E-state index contributed by atoms with van der Waals surface area (Å²) in [5.74, 6) is 1.17. The van der Waals surface area contributed by atoms with Crippen LogP contribution in [-0.2, 0) is 4.79 Å². The predicted octanol–water partition coefficient (Wildman–Crippen LogP) is 2.60. The van der Waals surface area contributed by atoms with Crippen LogP contribution in [0.1, 0.15) is 25.7 Å². The highest BCUT2D eigenvalue weighted by Gasteiger charge is 2.05. The Morgan fingerprint density at radius 1 is 1.28 bits per heavy atom. The standard InChI is InChI=1S/C17H21N3O4S/c1-24-13-8-6-12(7-9-13)14-11-16(22)19-17(18-14)25-10-4-2-3-5-15(21)20-23/h6-9,11,23H,2-5,10H2,1H3,(H,20,21)(H,18,19,22). The maximum atomic E-state index is 11.8. The van der Waals surface area contributed by atoms with Gasteiger partial charge >= 0.3 is 0 Å². The largest absolute Gasteiger partial charge is 0.497 e. The van der Waals surface area contributed by atoms with Crippen molar-refractivity contribution in [3.63, 3.8) is 0 Å². The number of carbonyl (C=O) groups is 1. The summed E-state index contributed by atoms with van der Waals surface area (Å²) in [6, 6.07) is 8.85. The number of H-pyrrole nitrogens is 1. The number of hydrogen-bond donors (Lipinski definition) is 3. The zero-order valence-electron chi connectivity index (χ0n) is 13.9. The number of unbranched alkanes of at least 4 members (excludes halogenated alkanes) is 2. The van der Waals surface area contributed by atoms with E-state index in [-0.39, 0.29) is 11.5 Å². The molecule has 1 aromatic carbocycles. The van der Waals surface area contributed by atoms with E-state index in [1.165, 1.54) is 17.8 Å². The van der Waals surface area contributed by atoms with Gasteiger partial charge in [0.2, 0.25) is 5.91 Å². The lowest BCUT2D eigenvalue weighted by Crippen LogP contribution is -2.17. The van der Waals surface area contributed by atoms with E-state index in [1.54, 1.807) is 12.6 Å². The van der Waals surface area contributed by atoms with E-state index in [0.29, 0.717) is 23.7 Å². The molecule has 0 saturated heterocycles. The van der Waals surface area contributed by atoms with E-state index in [9.17, 15) is 9.59 Å². The summed E-state index contributed by atoms with van der Waals surface area (Å²) >= 11 is 1.47. The van der Waals surface area contributed by atoms with Gasteiger partial charge in [-0.15, -0.1) is 0 Å². The number of benzene rings is 1. The molecule has 1 aromatic heterocycles. The van der Waals surface area contributed by atoms with E-state index in [4.69, 9.17) is 9.94 Å². The number of thioether (sulfide) groups is 1. The molecule has 0 radical (unpaired) electrons. The number of rotatable bonds is 9. The summed E-state index contributed by atoms with van der Waals surface area (Å²) in [6.07, 6.45) is 2.77. The number of nitrogens with one attached hydrogen (secondary N) is 2. The number of nitrogens with zero attached hydrogens (tertiary/aromatic N) is 1. The second-order valence-electron chi connectivity index (χ2n) is 5.36. The number of methoxy groups -OCH3 is 1. The molecule has 0 fully saturated rings. The van der Waals surface area contributed by atoms with Crippen molar-refractivity contribution in [2.45, 2.75) is 30.8 Å². The monoisotopic (exact) mass is 363 g/mol. The fourth-order valence-electron chi connectivity index (χ4n) is 2.20. The normalized spacial score (nSPS) is 10.5. The van der Waals surface area contributed by atoms with E-state index >= 15 is 0 Å². The van der Waals surface area contributed by atoms with Crippen molar-refractivity contribution in [3.8, 4) is 17.0 Å². The minimum Gasteiger partial charge on any atom is -0.497 e. The highest BCUT2D eigenvalue weighted by atomic mass is 32.2. The van der Waals surface area contributed by atoms with Gasteiger partial charge in [-0.05, 0) is 37.1 Å². The number of carbonyl (C=O) groups excluding carboxylic acids is 1. The molecule has 0 spiro atoms. The van der Waals surface area contributed by atoms with Gasteiger partial charge in [0.25, 0.3) is 5.56 Å². The first-order valence-corrected chi connectivity index (χ1v) is 8.92. The van der Waals surface area contributed by atoms with Crippen molar-refractivity contribution in [2.75, 3.05) is 12.9 Å². The smallest absolute Gasteiger partial charge is 0.252 e. The molecule has 2 aromatic rings. The van der Waals surface area contributed by atoms with Gasteiger partial charge in [0.15, 0.2) is 5.16 Å². The summed E-state index contributed by atoms with van der Waals surface area (Å²) < 4.78 is 5.13. The lowest BCUT2D eigenvalue weighted by Gasteiger charge is -2.05. The van der Waals surface area contributed by atoms with E-state index in [1.807, 2.05) is 24.3 Å². The third-order valence-corrected chi connectivity index (χ3v) is 4.48. The molecule has 1 amide bonds. The first-order valence-electron chi connectivity index (χ1n) is 7.94. The Morgan fingerprint density at radius 3 is 2.72 bits per heavy atom. The molecule has 3 N–H and O–H groups in total. The molecule has 8 heteroatoms. The fraction of sp³-hybridized carbons (Fsp3) is 0.353. The Labute approximate surface area is 149 Å². The number of aromatic nitrogens is 2. The lowest BCUT2D eigenvalue weighted by molar-refractivity contribution is -0.129. The van der Waals surface area contributed by atoms with Crippen LogP contribution in [0.15, 0.2) is 40.3 Å². The Bertz CT molecular complexity index is 746. The molecule has 7 nitrogen and oxygen atoms in total. The summed E-state index contributed by atoms with van der Waals surface area (Å²) in [6.45, 7) is 0. The Hall–Kier alpha value is -2.32. The maximum Gasteiger partial charge on any atom is 0.252 e. The molecule has 0 saturated carbocycles. The quantitative estimate of drug-likeness (QED) is 0.208. The fourth-order valence-corrected chi connectivity index (χ4v) is 3.08. The van der Waals surface area contributed by atoms with Crippen LogP contribution in [0.2, 0.25) is 0 Å². The maximum absolute atomic E-state index is 11.8. The van der Waals surface area contributed by atoms with Crippen molar-refractivity contribution >= 4 is 17.7 Å². The second-order valence-corrected chi connectivity index (χ2v) is 6.44. The van der Waals surface area contributed by atoms with Crippen molar-refractivity contribution in [1.29, 1.82) is 0 Å². The molecule has 0 aliphatic rings. The van der Waals surface area contributed by atoms with Gasteiger partial charge < -0.3 is 9.72 Å². The molecule has 0 aliphatic heterocycles. The van der Waals surface area contributed by atoms with Gasteiger partial charge in [0.05, 0.1) is 12.8 Å². The van der Waals surface area contributed by atoms with Gasteiger partial charge in [-0.25, -0.2) is 10.5 Å². The van der Waals surface area contributed by atoms with E-state index < -0.39 is 0 Å². The Kier molecular flexibility index (Phi) is 7.49. The summed E-state index contributed by atoms with van der Waals surface area (Å²) in [7, 11) is 1.60. The number of hydrogen-bond acceptors (Lipinski definition) is 6. The van der Waals surface area contributed by atoms with Gasteiger partial charge in [0.1, 0.15) is 5.75 Å². The van der Waals surface area contributed by atoms with E-state index in [2.05, 4.69) is 9.97 Å². The molecule has 25 heavy (non-hydrogen) atoms. The summed E-state index contributed by atoms with van der Waals surface area (Å²) in [4.78, 5) is 30.0. The van der Waals surface area contributed by atoms with Crippen LogP contribution < -0.4 is 15.8 Å². The molecule has 134 valence electrons. The van der Waals surface area contributed by atoms with Crippen LogP contribution in [0.25, 0.3) is 11.3 Å². The molecule has 1 heterocycles. The van der Waals surface area contributed by atoms with Gasteiger partial charge in [-0.2, -0.15) is 0 Å². The van der Waals surface area contributed by atoms with Crippen molar-refractivity contribution in [2.24, 2.45) is 0 Å². The minimum atomic E-state index is -0.370. The first-order chi connectivity index (χ1) is 12.1. The molecule has 0 unspecified atom stereocenters. The second kappa shape index (κ2) is 9.85. The number of hydroxylamine groups is 1. The summed E-state index contributed by atoms with van der Waals surface area (Å²) in [5, 5.41) is 8.98. The SMILES string of the molecule is COc1ccc(-c2cc(=O)[nH]c(SCCCCCC(=O)NO)n2)cc1. The molecule has 0 bridgehead atoms. The zero-order valence-corrected chi connectivity index (χ0v) is 14.8. The molecular formula is C17H21N3O4S. The van der Waals surface area contributed by atoms with Crippen molar-refractivity contribution < 1.29 is 14.7 Å². The van der Waals surface area contributed by atoms with Gasteiger partial charge in [-0.3, -0.25) is 14.8 Å². The van der Waals surface area contributed by atoms with Crippen LogP contribution in [-0.4, -0.2) is 33.9 Å². The van der Waals surface area contributed by atoms with Crippen LogP contribution >= 0.6 is 11.8 Å². The summed E-state index contributed by atoms with van der Waals surface area (Å²) in [5.41, 5.74) is 2.89. The number of amides is 1. The Morgan fingerprint density at radius 2 is 2.04 bits per heavy atom. The third kappa shape index (κ3) is 6.24. The van der Waals surface area contributed by atoms with Crippen LogP contribution in [0, 0.1) is 0 Å². The molecule has 0 atom stereocenters. The van der Waals surface area contributed by atoms with Gasteiger partial charge in [0, 0.05) is 23.8 Å². The average molecular weight is 363 g/mol. The van der Waals surface area contributed by atoms with Crippen LogP contribution in [0.5, 0.6) is 5.75 Å². The highest BCUT2D eigenvalue weighted by molar-refractivity contribution is 7.99. The molecular weight excluding hydrogens is 342 g/mol. The topological polar surface area (TPSA) is 104 Å². The van der Waals surface area contributed by atoms with E-state index in [0.717, 1.165) is 29.9 Å². The van der Waals surface area contributed by atoms with Crippen LogP contribution in [0.4, 0.5) is 0 Å². The first kappa shape index (κ1) is 19.0. The number of ether oxygens (including phenoxy) is 1. The Balaban J connectivity index is 1.90. The van der Waals surface area contributed by atoms with Gasteiger partial charge in [-0.1, -0.05) is 18.2 Å². The predicted molar refractivity (Wildman–Crippen MR) is 96.0 cm³/mol. The average Bonchev–Trinajstić information content (AvgIpc) is 2.64. The third-order valence-electron chi connectivity index (χ3n) is 3.52. The highest BCUT2D eigenvalue weighted by Crippen LogP contribution is 2.22. The minimum absolute atomic E-state index is 0.192. The van der Waals surface area contributed by atoms with Crippen molar-refractivity contribution in [1.82, 2.24) is 15.4 Å². The van der Waals surface area contributed by atoms with Crippen molar-refractivity contribution in [3.05, 3.63) is 40.7 Å².